The van der Waals surface area contributed by atoms with Crippen LogP contribution >= 0.6 is 0 Å². The molecule has 2 atom stereocenters. The SMILES string of the molecule is Cc1cc(C)n2nc(C)c(C(=O)N[C@@H]3CCOC[C@H]3O)c2n1. The van der Waals surface area contributed by atoms with Gasteiger partial charge in [-0.15, -0.1) is 0 Å². The monoisotopic (exact) mass is 304 g/mol. The van der Waals surface area contributed by atoms with Gasteiger partial charge in [0.25, 0.3) is 5.91 Å². The number of ether oxygens (including phenoxy) is 1. The molecule has 7 heteroatoms. The third kappa shape index (κ3) is 2.57. The maximum Gasteiger partial charge on any atom is 0.257 e. The molecule has 0 unspecified atom stereocenters. The number of hydrogen-bond donors (Lipinski definition) is 2. The topological polar surface area (TPSA) is 88.8 Å². The van der Waals surface area contributed by atoms with E-state index in [1.807, 2.05) is 19.9 Å². The molecule has 2 aromatic rings. The lowest BCUT2D eigenvalue weighted by molar-refractivity contribution is -0.0260. The summed E-state index contributed by atoms with van der Waals surface area (Å²) in [6, 6.07) is 1.62. The summed E-state index contributed by atoms with van der Waals surface area (Å²) in [5, 5.41) is 17.2. The molecule has 0 radical (unpaired) electrons. The number of aromatic nitrogens is 3. The third-order valence-electron chi connectivity index (χ3n) is 3.94. The van der Waals surface area contributed by atoms with Crippen molar-refractivity contribution in [2.75, 3.05) is 13.2 Å². The number of amides is 1. The van der Waals surface area contributed by atoms with Gasteiger partial charge in [-0.1, -0.05) is 0 Å². The summed E-state index contributed by atoms with van der Waals surface area (Å²) in [5.74, 6) is -0.254. The molecule has 1 aliphatic rings. The molecule has 3 rings (SSSR count). The van der Waals surface area contributed by atoms with Crippen molar-refractivity contribution < 1.29 is 14.6 Å². The number of hydrogen-bond acceptors (Lipinski definition) is 5. The average molecular weight is 304 g/mol. The van der Waals surface area contributed by atoms with Crippen molar-refractivity contribution in [3.63, 3.8) is 0 Å². The van der Waals surface area contributed by atoms with Crippen molar-refractivity contribution in [2.24, 2.45) is 0 Å². The van der Waals surface area contributed by atoms with Crippen LogP contribution < -0.4 is 5.32 Å². The fourth-order valence-corrected chi connectivity index (χ4v) is 2.82. The second-order valence-electron chi connectivity index (χ2n) is 5.75. The maximum atomic E-state index is 12.6. The lowest BCUT2D eigenvalue weighted by Gasteiger charge is -2.28. The van der Waals surface area contributed by atoms with Gasteiger partial charge in [-0.25, -0.2) is 9.50 Å². The normalized spacial score (nSPS) is 22.0. The average Bonchev–Trinajstić information content (AvgIpc) is 2.78. The summed E-state index contributed by atoms with van der Waals surface area (Å²) >= 11 is 0. The van der Waals surface area contributed by atoms with Crippen molar-refractivity contribution in [1.82, 2.24) is 19.9 Å². The number of carbonyl (C=O) groups is 1. The van der Waals surface area contributed by atoms with E-state index in [-0.39, 0.29) is 18.6 Å². The van der Waals surface area contributed by atoms with Crippen LogP contribution in [0, 0.1) is 20.8 Å². The standard InChI is InChI=1S/C15H20N4O3/c1-8-6-9(2)19-14(16-8)13(10(3)18-19)15(21)17-11-4-5-22-7-12(11)20/h6,11-12,20H,4-5,7H2,1-3H3,(H,17,21)/t11-,12-/m1/s1. The highest BCUT2D eigenvalue weighted by Gasteiger charge is 2.28. The predicted octanol–water partition coefficient (Wildman–Crippen LogP) is 0.534. The van der Waals surface area contributed by atoms with E-state index in [0.29, 0.717) is 29.9 Å². The first-order valence-corrected chi connectivity index (χ1v) is 7.37. The quantitative estimate of drug-likeness (QED) is 0.845. The van der Waals surface area contributed by atoms with Gasteiger partial charge in [0.1, 0.15) is 5.56 Å². The Bertz CT molecular complexity index is 725. The number of nitrogens with zero attached hydrogens (tertiary/aromatic N) is 3. The van der Waals surface area contributed by atoms with Crippen molar-refractivity contribution >= 4 is 11.6 Å². The van der Waals surface area contributed by atoms with Gasteiger partial charge in [0.05, 0.1) is 24.4 Å². The first-order valence-electron chi connectivity index (χ1n) is 7.37. The minimum Gasteiger partial charge on any atom is -0.389 e. The van der Waals surface area contributed by atoms with Gasteiger partial charge in [0.2, 0.25) is 0 Å². The van der Waals surface area contributed by atoms with Gasteiger partial charge < -0.3 is 15.2 Å². The zero-order valence-electron chi connectivity index (χ0n) is 13.0. The van der Waals surface area contributed by atoms with Gasteiger partial charge in [0, 0.05) is 18.0 Å². The molecule has 1 amide bonds. The van der Waals surface area contributed by atoms with Crippen LogP contribution in [0.1, 0.15) is 33.9 Å². The van der Waals surface area contributed by atoms with E-state index < -0.39 is 6.10 Å². The molecule has 1 fully saturated rings. The summed E-state index contributed by atoms with van der Waals surface area (Å²) in [7, 11) is 0. The van der Waals surface area contributed by atoms with Crippen molar-refractivity contribution in [3.05, 3.63) is 28.7 Å². The lowest BCUT2D eigenvalue weighted by Crippen LogP contribution is -2.48. The largest absolute Gasteiger partial charge is 0.389 e. The Morgan fingerprint density at radius 1 is 1.45 bits per heavy atom. The maximum absolute atomic E-state index is 12.6. The van der Waals surface area contributed by atoms with Crippen LogP contribution in [0.15, 0.2) is 6.07 Å². The highest BCUT2D eigenvalue weighted by atomic mass is 16.5. The Kier molecular flexibility index (Phi) is 3.84. The number of aliphatic hydroxyl groups is 1. The Hall–Kier alpha value is -1.99. The van der Waals surface area contributed by atoms with E-state index in [0.717, 1.165) is 11.4 Å². The summed E-state index contributed by atoms with van der Waals surface area (Å²) < 4.78 is 6.86. The molecule has 2 aromatic heterocycles. The van der Waals surface area contributed by atoms with Crippen LogP contribution in [0.2, 0.25) is 0 Å². The van der Waals surface area contributed by atoms with Crippen LogP contribution in [0.3, 0.4) is 0 Å². The third-order valence-corrected chi connectivity index (χ3v) is 3.94. The van der Waals surface area contributed by atoms with Crippen molar-refractivity contribution in [3.8, 4) is 0 Å². The molecule has 7 nitrogen and oxygen atoms in total. The molecule has 0 aromatic carbocycles. The Balaban J connectivity index is 1.95. The molecule has 0 saturated carbocycles. The molecule has 0 bridgehead atoms. The molecule has 1 aliphatic heterocycles. The number of carbonyl (C=O) groups excluding carboxylic acids is 1. The van der Waals surface area contributed by atoms with Crippen LogP contribution in [-0.2, 0) is 4.74 Å². The number of fused-ring (bicyclic) bond motifs is 1. The minimum absolute atomic E-state index is 0.245. The van der Waals surface area contributed by atoms with Gasteiger partial charge in [-0.3, -0.25) is 4.79 Å². The molecular weight excluding hydrogens is 284 g/mol. The zero-order valence-corrected chi connectivity index (χ0v) is 13.0. The molecule has 0 aliphatic carbocycles. The lowest BCUT2D eigenvalue weighted by atomic mass is 10.1. The Labute approximate surface area is 128 Å². The van der Waals surface area contributed by atoms with E-state index in [1.165, 1.54) is 0 Å². The number of aryl methyl sites for hydroxylation is 3. The van der Waals surface area contributed by atoms with E-state index in [9.17, 15) is 9.90 Å². The van der Waals surface area contributed by atoms with Crippen molar-refractivity contribution in [1.29, 1.82) is 0 Å². The van der Waals surface area contributed by atoms with Gasteiger partial charge in [-0.05, 0) is 33.3 Å². The number of aliphatic hydroxyl groups excluding tert-OH is 1. The number of nitrogens with one attached hydrogen (secondary N) is 1. The van der Waals surface area contributed by atoms with Gasteiger partial charge >= 0.3 is 0 Å². The van der Waals surface area contributed by atoms with Crippen LogP contribution in [-0.4, -0.2) is 51.0 Å². The van der Waals surface area contributed by atoms with Crippen LogP contribution in [0.4, 0.5) is 0 Å². The Morgan fingerprint density at radius 2 is 2.23 bits per heavy atom. The van der Waals surface area contributed by atoms with Gasteiger partial charge in [-0.2, -0.15) is 5.10 Å². The number of rotatable bonds is 2. The molecule has 1 saturated heterocycles. The van der Waals surface area contributed by atoms with E-state index in [2.05, 4.69) is 15.4 Å². The first kappa shape index (κ1) is 14.9. The molecule has 3 heterocycles. The fourth-order valence-electron chi connectivity index (χ4n) is 2.82. The highest BCUT2D eigenvalue weighted by molar-refractivity contribution is 6.01. The van der Waals surface area contributed by atoms with Crippen LogP contribution in [0.25, 0.3) is 5.65 Å². The second kappa shape index (κ2) is 5.66. The summed E-state index contributed by atoms with van der Waals surface area (Å²) in [4.78, 5) is 17.1. The predicted molar refractivity (Wildman–Crippen MR) is 79.9 cm³/mol. The molecular formula is C15H20N4O3. The molecule has 118 valence electrons. The smallest absolute Gasteiger partial charge is 0.257 e. The molecule has 0 spiro atoms. The van der Waals surface area contributed by atoms with E-state index in [4.69, 9.17) is 4.74 Å². The van der Waals surface area contributed by atoms with E-state index >= 15 is 0 Å². The van der Waals surface area contributed by atoms with Crippen LogP contribution in [0.5, 0.6) is 0 Å². The second-order valence-corrected chi connectivity index (χ2v) is 5.75. The van der Waals surface area contributed by atoms with Gasteiger partial charge in [0.15, 0.2) is 5.65 Å². The van der Waals surface area contributed by atoms with Crippen molar-refractivity contribution in [2.45, 2.75) is 39.3 Å². The Morgan fingerprint density at radius 3 is 2.95 bits per heavy atom. The highest BCUT2D eigenvalue weighted by Crippen LogP contribution is 2.17. The van der Waals surface area contributed by atoms with E-state index in [1.54, 1.807) is 11.4 Å². The fraction of sp³-hybridized carbons (Fsp3) is 0.533. The minimum atomic E-state index is -0.684. The molecule has 2 N–H and O–H groups in total. The molecule has 22 heavy (non-hydrogen) atoms. The first-order chi connectivity index (χ1) is 10.5. The summed E-state index contributed by atoms with van der Waals surface area (Å²) in [5.41, 5.74) is 3.40. The zero-order chi connectivity index (χ0) is 15.9. The summed E-state index contributed by atoms with van der Waals surface area (Å²) in [6.07, 6.45) is -0.0901. The summed E-state index contributed by atoms with van der Waals surface area (Å²) in [6.45, 7) is 6.39.